The molecule has 29 heavy (non-hydrogen) atoms. The maximum atomic E-state index is 12.6. The van der Waals surface area contributed by atoms with Crippen molar-refractivity contribution in [3.8, 4) is 5.75 Å². The molecule has 0 radical (unpaired) electrons. The first-order valence-corrected chi connectivity index (χ1v) is 10.3. The summed E-state index contributed by atoms with van der Waals surface area (Å²) in [5.74, 6) is 0.819. The van der Waals surface area contributed by atoms with Crippen LogP contribution in [0, 0.1) is 17.8 Å². The molecule has 0 atom stereocenters. The van der Waals surface area contributed by atoms with Crippen molar-refractivity contribution in [1.29, 1.82) is 0 Å². The third kappa shape index (κ3) is 3.24. The number of ether oxygens (including phenoxy) is 2. The largest absolute Gasteiger partial charge is 0.508 e. The number of hydrogen-bond donors (Lipinski definition) is 1. The van der Waals surface area contributed by atoms with E-state index in [1.54, 1.807) is 18.2 Å². The van der Waals surface area contributed by atoms with E-state index in [0.29, 0.717) is 5.56 Å². The van der Waals surface area contributed by atoms with Crippen molar-refractivity contribution in [2.45, 2.75) is 43.9 Å². The lowest BCUT2D eigenvalue weighted by molar-refractivity contribution is -0.137. The predicted molar refractivity (Wildman–Crippen MR) is 102 cm³/mol. The molecule has 1 aromatic rings. The van der Waals surface area contributed by atoms with E-state index in [-0.39, 0.29) is 30.1 Å². The zero-order valence-corrected chi connectivity index (χ0v) is 16.2. The molecule has 6 rings (SSSR count). The van der Waals surface area contributed by atoms with Gasteiger partial charge in [0.05, 0.1) is 5.56 Å². The molecule has 5 aliphatic rings. The van der Waals surface area contributed by atoms with E-state index >= 15 is 0 Å². The first kappa shape index (κ1) is 18.4. The Hall–Kier alpha value is -2.63. The molecule has 4 fully saturated rings. The van der Waals surface area contributed by atoms with E-state index in [2.05, 4.69) is 0 Å². The molecule has 4 aliphatic carbocycles. The molecule has 0 unspecified atom stereocenters. The van der Waals surface area contributed by atoms with Crippen molar-refractivity contribution >= 4 is 17.5 Å². The van der Waals surface area contributed by atoms with Gasteiger partial charge in [-0.15, -0.1) is 0 Å². The molecule has 4 saturated carbocycles. The summed E-state index contributed by atoms with van der Waals surface area (Å²) in [6.07, 6.45) is 8.23. The summed E-state index contributed by atoms with van der Waals surface area (Å²) in [7, 11) is 0. The summed E-state index contributed by atoms with van der Waals surface area (Å²) in [5, 5.41) is 10.6. The van der Waals surface area contributed by atoms with Crippen LogP contribution in [0.1, 0.15) is 54.4 Å². The lowest BCUT2D eigenvalue weighted by atomic mass is 9.48. The van der Waals surface area contributed by atoms with Crippen LogP contribution in [0.15, 0.2) is 30.0 Å². The van der Waals surface area contributed by atoms with Gasteiger partial charge in [0.15, 0.2) is 6.61 Å². The minimum Gasteiger partial charge on any atom is -0.508 e. The lowest BCUT2D eigenvalue weighted by Gasteiger charge is -2.57. The summed E-state index contributed by atoms with van der Waals surface area (Å²) >= 11 is 0. The zero-order chi connectivity index (χ0) is 20.2. The second kappa shape index (κ2) is 6.71. The fourth-order valence-corrected chi connectivity index (χ4v) is 6.33. The number of allylic oxidation sites excluding steroid dienone is 1. The zero-order valence-electron chi connectivity index (χ0n) is 16.2. The summed E-state index contributed by atoms with van der Waals surface area (Å²) in [4.78, 5) is 35.2. The standard InChI is InChI=1S/C23H24O6/c24-19-2-1-16(22(27)29-11-17-7-20(25)21(26)12-28-17)6-18(19)23-8-13-3-14(9-23)5-15(4-13)10-23/h1-2,6-7,13-15,24H,3-5,8-12H2. The number of esters is 1. The van der Waals surface area contributed by atoms with Gasteiger partial charge in [0, 0.05) is 11.6 Å². The number of aromatic hydroxyl groups is 1. The third-order valence-electron chi connectivity index (χ3n) is 7.14. The first-order chi connectivity index (χ1) is 13.9. The highest BCUT2D eigenvalue weighted by Crippen LogP contribution is 2.61. The molecule has 0 spiro atoms. The number of carbonyl (C=O) groups excluding carboxylic acids is 3. The van der Waals surface area contributed by atoms with Crippen molar-refractivity contribution in [3.63, 3.8) is 0 Å². The van der Waals surface area contributed by atoms with Crippen LogP contribution in [0.3, 0.4) is 0 Å². The topological polar surface area (TPSA) is 89.9 Å². The van der Waals surface area contributed by atoms with Crippen LogP contribution in [-0.4, -0.2) is 35.9 Å². The smallest absolute Gasteiger partial charge is 0.338 e. The van der Waals surface area contributed by atoms with Crippen molar-refractivity contribution in [2.75, 3.05) is 13.2 Å². The normalized spacial score (nSPS) is 32.7. The second-order valence-corrected chi connectivity index (χ2v) is 9.19. The van der Waals surface area contributed by atoms with Gasteiger partial charge in [-0.1, -0.05) is 0 Å². The number of benzene rings is 1. The Morgan fingerprint density at radius 3 is 2.38 bits per heavy atom. The molecule has 1 N–H and O–H groups in total. The van der Waals surface area contributed by atoms with Crippen LogP contribution in [0.4, 0.5) is 0 Å². The molecule has 4 bridgehead atoms. The predicted octanol–water partition coefficient (Wildman–Crippen LogP) is 3.07. The van der Waals surface area contributed by atoms with Gasteiger partial charge >= 0.3 is 5.97 Å². The van der Waals surface area contributed by atoms with Crippen molar-refractivity contribution < 1.29 is 29.0 Å². The number of ketones is 2. The van der Waals surface area contributed by atoms with Gasteiger partial charge in [-0.3, -0.25) is 9.59 Å². The summed E-state index contributed by atoms with van der Waals surface area (Å²) in [6.45, 7) is -0.525. The second-order valence-electron chi connectivity index (χ2n) is 9.19. The third-order valence-corrected chi connectivity index (χ3v) is 7.14. The fraction of sp³-hybridized carbons (Fsp3) is 0.522. The Balaban J connectivity index is 1.35. The lowest BCUT2D eigenvalue weighted by Crippen LogP contribution is -2.48. The maximum absolute atomic E-state index is 12.6. The Bertz CT molecular complexity index is 892. The monoisotopic (exact) mass is 396 g/mol. The van der Waals surface area contributed by atoms with E-state index in [1.165, 1.54) is 19.3 Å². The number of rotatable bonds is 4. The molecule has 0 aromatic heterocycles. The minimum atomic E-state index is -0.643. The van der Waals surface area contributed by atoms with Crippen molar-refractivity contribution in [1.82, 2.24) is 0 Å². The maximum Gasteiger partial charge on any atom is 0.338 e. The van der Waals surface area contributed by atoms with Crippen LogP contribution < -0.4 is 0 Å². The number of hydrogen-bond acceptors (Lipinski definition) is 6. The first-order valence-electron chi connectivity index (χ1n) is 10.3. The Morgan fingerprint density at radius 1 is 1.10 bits per heavy atom. The average Bonchev–Trinajstić information content (AvgIpc) is 2.68. The van der Waals surface area contributed by atoms with Crippen LogP contribution in [0.5, 0.6) is 5.75 Å². The van der Waals surface area contributed by atoms with Gasteiger partial charge in [-0.25, -0.2) is 4.79 Å². The van der Waals surface area contributed by atoms with Crippen LogP contribution in [0.25, 0.3) is 0 Å². The molecular weight excluding hydrogens is 372 g/mol. The summed E-state index contributed by atoms with van der Waals surface area (Å²) in [6, 6.07) is 4.94. The van der Waals surface area contributed by atoms with Gasteiger partial charge in [0.1, 0.15) is 18.1 Å². The van der Waals surface area contributed by atoms with E-state index in [9.17, 15) is 19.5 Å². The number of carbonyl (C=O) groups is 3. The Labute approximate surface area is 168 Å². The number of Topliss-reactive ketones (excluding diaryl/α,β-unsaturated/α-hetero) is 1. The number of phenolic OH excluding ortho intramolecular Hbond substituents is 1. The quantitative estimate of drug-likeness (QED) is 0.621. The fourth-order valence-electron chi connectivity index (χ4n) is 6.33. The minimum absolute atomic E-state index is 0.0308. The highest BCUT2D eigenvalue weighted by Gasteiger charge is 2.52. The summed E-state index contributed by atoms with van der Waals surface area (Å²) in [5.41, 5.74) is 1.23. The Morgan fingerprint density at radius 2 is 1.76 bits per heavy atom. The Kier molecular flexibility index (Phi) is 4.26. The molecule has 0 amide bonds. The van der Waals surface area contributed by atoms with Gasteiger partial charge in [0.25, 0.3) is 0 Å². The molecular formula is C23H24O6. The molecule has 152 valence electrons. The van der Waals surface area contributed by atoms with Gasteiger partial charge in [-0.05, 0) is 79.9 Å². The van der Waals surface area contributed by atoms with E-state index in [4.69, 9.17) is 9.47 Å². The van der Waals surface area contributed by atoms with Gasteiger partial charge in [0.2, 0.25) is 11.6 Å². The van der Waals surface area contributed by atoms with Crippen LogP contribution in [0.2, 0.25) is 0 Å². The average molecular weight is 396 g/mol. The SMILES string of the molecule is O=C1C=C(COC(=O)c2ccc(O)c(C34CC5CC(CC(C5)C3)C4)c2)OCC1=O. The van der Waals surface area contributed by atoms with Crippen LogP contribution >= 0.6 is 0 Å². The number of phenols is 1. The highest BCUT2D eigenvalue weighted by molar-refractivity contribution is 6.42. The van der Waals surface area contributed by atoms with Gasteiger partial charge < -0.3 is 14.6 Å². The van der Waals surface area contributed by atoms with E-state index < -0.39 is 17.5 Å². The molecule has 0 saturated heterocycles. The molecule has 6 heteroatoms. The van der Waals surface area contributed by atoms with Crippen molar-refractivity contribution in [3.05, 3.63) is 41.2 Å². The van der Waals surface area contributed by atoms with Crippen molar-refractivity contribution in [2.24, 2.45) is 17.8 Å². The summed E-state index contributed by atoms with van der Waals surface area (Å²) < 4.78 is 10.4. The highest BCUT2D eigenvalue weighted by atomic mass is 16.6. The van der Waals surface area contributed by atoms with Crippen LogP contribution in [-0.2, 0) is 24.5 Å². The molecule has 1 aliphatic heterocycles. The van der Waals surface area contributed by atoms with E-state index in [1.807, 2.05) is 0 Å². The van der Waals surface area contributed by atoms with Gasteiger partial charge in [-0.2, -0.15) is 0 Å². The molecule has 1 heterocycles. The molecule has 6 nitrogen and oxygen atoms in total. The molecule has 1 aromatic carbocycles. The van der Waals surface area contributed by atoms with E-state index in [0.717, 1.165) is 48.7 Å².